The van der Waals surface area contributed by atoms with Crippen molar-refractivity contribution in [2.45, 2.75) is 38.3 Å². The number of aliphatic carboxylic acids is 1. The molecule has 1 saturated heterocycles. The second kappa shape index (κ2) is 7.91. The Balaban J connectivity index is 1.91. The standard InChI is InChI=1S/C16H23N3O3/c17-13(16(21)22)7-8-15(20)18-14-6-2-1-5-12(14)11-19-9-3-4-10-19/h1-2,5-6,13H,3-4,7-11,17H2,(H,18,20)(H,21,22)/t13-/m0/s1. The first-order valence-electron chi connectivity index (χ1n) is 7.65. The van der Waals surface area contributed by atoms with Crippen molar-refractivity contribution in [2.24, 2.45) is 5.73 Å². The van der Waals surface area contributed by atoms with Gasteiger partial charge in [0.25, 0.3) is 0 Å². The predicted octanol–water partition coefficient (Wildman–Crippen LogP) is 1.41. The van der Waals surface area contributed by atoms with Crippen LogP contribution in [-0.2, 0) is 16.1 Å². The van der Waals surface area contributed by atoms with Gasteiger partial charge in [-0.05, 0) is 44.0 Å². The summed E-state index contributed by atoms with van der Waals surface area (Å²) in [6, 6.07) is 6.73. The van der Waals surface area contributed by atoms with E-state index in [1.807, 2.05) is 24.3 Å². The summed E-state index contributed by atoms with van der Waals surface area (Å²) >= 11 is 0. The fourth-order valence-corrected chi connectivity index (χ4v) is 2.58. The number of nitrogens with two attached hydrogens (primary N) is 1. The molecule has 6 nitrogen and oxygen atoms in total. The second-order valence-electron chi connectivity index (χ2n) is 5.67. The third kappa shape index (κ3) is 4.82. The summed E-state index contributed by atoms with van der Waals surface area (Å²) in [5.74, 6) is -1.28. The number of para-hydroxylation sites is 1. The van der Waals surface area contributed by atoms with E-state index in [-0.39, 0.29) is 18.7 Å². The molecular weight excluding hydrogens is 282 g/mol. The van der Waals surface area contributed by atoms with Crippen molar-refractivity contribution in [3.8, 4) is 0 Å². The van der Waals surface area contributed by atoms with Crippen LogP contribution in [0.1, 0.15) is 31.2 Å². The third-order valence-corrected chi connectivity index (χ3v) is 3.88. The van der Waals surface area contributed by atoms with E-state index in [4.69, 9.17) is 10.8 Å². The van der Waals surface area contributed by atoms with Gasteiger partial charge in [0.2, 0.25) is 5.91 Å². The molecule has 120 valence electrons. The molecule has 2 rings (SSSR count). The number of nitrogens with zero attached hydrogens (tertiary/aromatic N) is 1. The van der Waals surface area contributed by atoms with Gasteiger partial charge in [-0.3, -0.25) is 14.5 Å². The van der Waals surface area contributed by atoms with Crippen LogP contribution in [0.2, 0.25) is 0 Å². The minimum atomic E-state index is -1.08. The normalized spacial score (nSPS) is 16.4. The number of carboxylic acids is 1. The molecule has 1 aliphatic rings. The lowest BCUT2D eigenvalue weighted by Gasteiger charge is -2.18. The average molecular weight is 305 g/mol. The molecule has 4 N–H and O–H groups in total. The van der Waals surface area contributed by atoms with Gasteiger partial charge in [-0.15, -0.1) is 0 Å². The average Bonchev–Trinajstić information content (AvgIpc) is 2.99. The Morgan fingerprint density at radius 2 is 1.95 bits per heavy atom. The number of anilines is 1. The molecule has 0 saturated carbocycles. The number of hydrogen-bond donors (Lipinski definition) is 3. The summed E-state index contributed by atoms with van der Waals surface area (Å²) in [7, 11) is 0. The first-order chi connectivity index (χ1) is 10.6. The Bertz CT molecular complexity index is 527. The first kappa shape index (κ1) is 16.5. The van der Waals surface area contributed by atoms with E-state index < -0.39 is 12.0 Å². The Morgan fingerprint density at radius 1 is 1.27 bits per heavy atom. The summed E-state index contributed by atoms with van der Waals surface area (Å²) in [4.78, 5) is 25.0. The summed E-state index contributed by atoms with van der Waals surface area (Å²) in [6.07, 6.45) is 2.68. The van der Waals surface area contributed by atoms with Gasteiger partial charge in [0, 0.05) is 18.7 Å². The van der Waals surface area contributed by atoms with Crippen LogP contribution >= 0.6 is 0 Å². The lowest BCUT2D eigenvalue weighted by Crippen LogP contribution is -2.31. The zero-order valence-corrected chi connectivity index (χ0v) is 12.6. The number of carbonyl (C=O) groups excluding carboxylic acids is 1. The number of rotatable bonds is 7. The Morgan fingerprint density at radius 3 is 2.64 bits per heavy atom. The number of amides is 1. The maximum absolute atomic E-state index is 12.0. The molecule has 0 unspecified atom stereocenters. The molecule has 1 aliphatic heterocycles. The van der Waals surface area contributed by atoms with Crippen molar-refractivity contribution >= 4 is 17.6 Å². The molecule has 6 heteroatoms. The van der Waals surface area contributed by atoms with Crippen molar-refractivity contribution in [3.63, 3.8) is 0 Å². The smallest absolute Gasteiger partial charge is 0.320 e. The summed E-state index contributed by atoms with van der Waals surface area (Å²) in [5.41, 5.74) is 7.29. The monoisotopic (exact) mass is 305 g/mol. The summed E-state index contributed by atoms with van der Waals surface area (Å²) in [6.45, 7) is 3.01. The Labute approximate surface area is 130 Å². The van der Waals surface area contributed by atoms with E-state index in [0.29, 0.717) is 0 Å². The van der Waals surface area contributed by atoms with Gasteiger partial charge in [-0.25, -0.2) is 0 Å². The largest absolute Gasteiger partial charge is 0.480 e. The van der Waals surface area contributed by atoms with Gasteiger partial charge < -0.3 is 16.2 Å². The van der Waals surface area contributed by atoms with Crippen LogP contribution in [0.3, 0.4) is 0 Å². The highest BCUT2D eigenvalue weighted by molar-refractivity contribution is 5.91. The lowest BCUT2D eigenvalue weighted by atomic mass is 10.1. The third-order valence-electron chi connectivity index (χ3n) is 3.88. The molecular formula is C16H23N3O3. The van der Waals surface area contributed by atoms with Gasteiger partial charge in [-0.2, -0.15) is 0 Å². The van der Waals surface area contributed by atoms with Gasteiger partial charge in [0.05, 0.1) is 0 Å². The van der Waals surface area contributed by atoms with Crippen LogP contribution in [0.25, 0.3) is 0 Å². The van der Waals surface area contributed by atoms with Gasteiger partial charge in [-0.1, -0.05) is 18.2 Å². The van der Waals surface area contributed by atoms with Crippen LogP contribution in [0, 0.1) is 0 Å². The molecule has 0 aliphatic carbocycles. The number of carbonyl (C=O) groups is 2. The SMILES string of the molecule is N[C@@H](CCC(=O)Nc1ccccc1CN1CCCC1)C(=O)O. The van der Waals surface area contributed by atoms with E-state index in [9.17, 15) is 9.59 Å². The molecule has 1 aromatic rings. The Kier molecular flexibility index (Phi) is 5.91. The number of likely N-dealkylation sites (tertiary alicyclic amines) is 1. The zero-order valence-electron chi connectivity index (χ0n) is 12.6. The predicted molar refractivity (Wildman–Crippen MR) is 84.4 cm³/mol. The molecule has 0 aromatic heterocycles. The van der Waals surface area contributed by atoms with Crippen molar-refractivity contribution in [1.82, 2.24) is 4.90 Å². The van der Waals surface area contributed by atoms with Crippen LogP contribution < -0.4 is 11.1 Å². The number of nitrogens with one attached hydrogen (secondary N) is 1. The highest BCUT2D eigenvalue weighted by atomic mass is 16.4. The summed E-state index contributed by atoms with van der Waals surface area (Å²) < 4.78 is 0. The van der Waals surface area contributed by atoms with Crippen LogP contribution in [-0.4, -0.2) is 41.0 Å². The van der Waals surface area contributed by atoms with E-state index in [1.165, 1.54) is 12.8 Å². The van der Waals surface area contributed by atoms with E-state index in [2.05, 4.69) is 10.2 Å². The fourth-order valence-electron chi connectivity index (χ4n) is 2.58. The van der Waals surface area contributed by atoms with E-state index in [1.54, 1.807) is 0 Å². The van der Waals surface area contributed by atoms with Crippen molar-refractivity contribution < 1.29 is 14.7 Å². The first-order valence-corrected chi connectivity index (χ1v) is 7.65. The minimum Gasteiger partial charge on any atom is -0.480 e. The van der Waals surface area contributed by atoms with Crippen molar-refractivity contribution in [2.75, 3.05) is 18.4 Å². The Hall–Kier alpha value is -1.92. The number of benzene rings is 1. The molecule has 0 radical (unpaired) electrons. The lowest BCUT2D eigenvalue weighted by molar-refractivity contribution is -0.138. The second-order valence-corrected chi connectivity index (χ2v) is 5.67. The van der Waals surface area contributed by atoms with Gasteiger partial charge in [0.1, 0.15) is 6.04 Å². The summed E-state index contributed by atoms with van der Waals surface area (Å²) in [5, 5.41) is 11.6. The zero-order chi connectivity index (χ0) is 15.9. The highest BCUT2D eigenvalue weighted by Gasteiger charge is 2.16. The molecule has 1 atom stereocenters. The number of carboxylic acid groups (broad SMARTS) is 1. The maximum Gasteiger partial charge on any atom is 0.320 e. The van der Waals surface area contributed by atoms with E-state index in [0.717, 1.165) is 30.9 Å². The topological polar surface area (TPSA) is 95.7 Å². The maximum atomic E-state index is 12.0. The highest BCUT2D eigenvalue weighted by Crippen LogP contribution is 2.20. The molecule has 1 amide bonds. The molecule has 22 heavy (non-hydrogen) atoms. The minimum absolute atomic E-state index is 0.103. The molecule has 1 aromatic carbocycles. The molecule has 1 heterocycles. The van der Waals surface area contributed by atoms with Gasteiger partial charge in [0.15, 0.2) is 0 Å². The van der Waals surface area contributed by atoms with Crippen LogP contribution in [0.4, 0.5) is 5.69 Å². The molecule has 0 spiro atoms. The van der Waals surface area contributed by atoms with Crippen molar-refractivity contribution in [1.29, 1.82) is 0 Å². The van der Waals surface area contributed by atoms with Crippen LogP contribution in [0.15, 0.2) is 24.3 Å². The van der Waals surface area contributed by atoms with Gasteiger partial charge >= 0.3 is 5.97 Å². The number of hydrogen-bond acceptors (Lipinski definition) is 4. The fraction of sp³-hybridized carbons (Fsp3) is 0.500. The van der Waals surface area contributed by atoms with Crippen LogP contribution in [0.5, 0.6) is 0 Å². The van der Waals surface area contributed by atoms with E-state index >= 15 is 0 Å². The molecule has 1 fully saturated rings. The molecule has 0 bridgehead atoms. The quantitative estimate of drug-likeness (QED) is 0.708. The van der Waals surface area contributed by atoms with Crippen molar-refractivity contribution in [3.05, 3.63) is 29.8 Å².